The summed E-state index contributed by atoms with van der Waals surface area (Å²) in [4.78, 5) is 31.9. The van der Waals surface area contributed by atoms with E-state index in [4.69, 9.17) is 5.73 Å². The molecule has 0 saturated heterocycles. The van der Waals surface area contributed by atoms with Gasteiger partial charge in [-0.3, -0.25) is 9.59 Å². The average Bonchev–Trinajstić information content (AvgIpc) is 2.68. The number of primary amides is 1. The van der Waals surface area contributed by atoms with Crippen LogP contribution < -0.4 is 11.1 Å². The van der Waals surface area contributed by atoms with Crippen molar-refractivity contribution in [1.29, 1.82) is 0 Å². The van der Waals surface area contributed by atoms with Gasteiger partial charge in [-0.25, -0.2) is 9.98 Å². The highest BCUT2D eigenvalue weighted by Gasteiger charge is 2.41. The molecule has 0 radical (unpaired) electrons. The third-order valence-corrected chi connectivity index (χ3v) is 3.90. The molecule has 6 nitrogen and oxygen atoms in total. The second-order valence-corrected chi connectivity index (χ2v) is 5.58. The maximum Gasteiger partial charge on any atom is 0.248 e. The second-order valence-electron chi connectivity index (χ2n) is 3.53. The van der Waals surface area contributed by atoms with Crippen molar-refractivity contribution < 1.29 is 9.59 Å². The van der Waals surface area contributed by atoms with Gasteiger partial charge in [0.25, 0.3) is 0 Å². The van der Waals surface area contributed by atoms with Gasteiger partial charge in [-0.1, -0.05) is 18.7 Å². The Morgan fingerprint density at radius 1 is 1.50 bits per heavy atom. The van der Waals surface area contributed by atoms with Crippen molar-refractivity contribution >= 4 is 46.3 Å². The molecule has 0 aliphatic carbocycles. The van der Waals surface area contributed by atoms with Gasteiger partial charge in [0, 0.05) is 0 Å². The average molecular weight is 284 g/mol. The predicted molar refractivity (Wildman–Crippen MR) is 74.4 cm³/mol. The predicted octanol–water partition coefficient (Wildman–Crippen LogP) is 0.314. The van der Waals surface area contributed by atoms with Gasteiger partial charge in [0.15, 0.2) is 5.17 Å². The van der Waals surface area contributed by atoms with Gasteiger partial charge in [-0.2, -0.15) is 0 Å². The van der Waals surface area contributed by atoms with E-state index >= 15 is 0 Å². The van der Waals surface area contributed by atoms with Gasteiger partial charge in [0.1, 0.15) is 16.8 Å². The topological polar surface area (TPSA) is 96.9 Å². The molecule has 0 spiro atoms. The van der Waals surface area contributed by atoms with Crippen LogP contribution in [0.2, 0.25) is 0 Å². The molecule has 0 aromatic carbocycles. The number of fused-ring (bicyclic) bond motifs is 1. The molecule has 18 heavy (non-hydrogen) atoms. The van der Waals surface area contributed by atoms with Gasteiger partial charge in [-0.05, 0) is 12.0 Å². The second kappa shape index (κ2) is 5.15. The van der Waals surface area contributed by atoms with Crippen LogP contribution in [0.4, 0.5) is 0 Å². The molecule has 2 aliphatic heterocycles. The van der Waals surface area contributed by atoms with Crippen molar-refractivity contribution in [3.63, 3.8) is 0 Å². The molecule has 1 atom stereocenters. The van der Waals surface area contributed by atoms with Gasteiger partial charge in [-0.15, -0.1) is 11.8 Å². The van der Waals surface area contributed by atoms with Crippen LogP contribution in [0.5, 0.6) is 0 Å². The number of aliphatic imine (C=N–C) groups is 2. The summed E-state index contributed by atoms with van der Waals surface area (Å²) in [6.07, 6.45) is 1.80. The molecule has 0 fully saturated rings. The molecule has 0 aromatic rings. The molecular weight excluding hydrogens is 272 g/mol. The minimum Gasteiger partial charge on any atom is -0.366 e. The summed E-state index contributed by atoms with van der Waals surface area (Å²) in [6, 6.07) is 0. The molecule has 96 valence electrons. The first-order chi connectivity index (χ1) is 8.58. The van der Waals surface area contributed by atoms with E-state index in [0.717, 1.165) is 5.75 Å². The van der Waals surface area contributed by atoms with E-state index in [2.05, 4.69) is 15.3 Å². The van der Waals surface area contributed by atoms with Crippen molar-refractivity contribution in [3.05, 3.63) is 10.6 Å². The Morgan fingerprint density at radius 2 is 2.22 bits per heavy atom. The molecule has 8 heteroatoms. The third kappa shape index (κ3) is 2.17. The fourth-order valence-electron chi connectivity index (χ4n) is 1.72. The zero-order valence-electron chi connectivity index (χ0n) is 9.89. The number of nitrogens with two attached hydrogens (primary N) is 1. The smallest absolute Gasteiger partial charge is 0.248 e. The standard InChI is InChI=1S/C10H12N4O2S2/c1-3-18-9-4(6(11)15)5-7(12-9)13-10(17-2)14-8(5)16/h5H,3H2,1-2H3,(H2,11,15)(H,12,13,14,16). The van der Waals surface area contributed by atoms with Gasteiger partial charge < -0.3 is 11.1 Å². The Bertz CT molecular complexity index is 510. The van der Waals surface area contributed by atoms with Gasteiger partial charge in [0.2, 0.25) is 11.8 Å². The third-order valence-electron chi connectivity index (χ3n) is 2.44. The molecule has 2 rings (SSSR count). The lowest BCUT2D eigenvalue weighted by Gasteiger charge is -2.18. The number of hydrogen-bond donors (Lipinski definition) is 2. The fraction of sp³-hybridized carbons (Fsp3) is 0.400. The van der Waals surface area contributed by atoms with Crippen molar-refractivity contribution in [1.82, 2.24) is 5.32 Å². The first kappa shape index (κ1) is 13.2. The fourth-order valence-corrected chi connectivity index (χ4v) is 2.91. The number of nitrogens with one attached hydrogen (secondary N) is 1. The molecule has 2 aliphatic rings. The van der Waals surface area contributed by atoms with E-state index in [1.165, 1.54) is 23.5 Å². The molecule has 2 heterocycles. The maximum atomic E-state index is 12.0. The first-order valence-corrected chi connectivity index (χ1v) is 7.48. The minimum absolute atomic E-state index is 0.248. The lowest BCUT2D eigenvalue weighted by Crippen LogP contribution is -2.44. The number of amides is 2. The van der Waals surface area contributed by atoms with Crippen LogP contribution in [0, 0.1) is 5.92 Å². The summed E-state index contributed by atoms with van der Waals surface area (Å²) in [5.41, 5.74) is 5.59. The Hall–Kier alpha value is -1.28. The highest BCUT2D eigenvalue weighted by atomic mass is 32.2. The van der Waals surface area contributed by atoms with E-state index in [1.807, 2.05) is 6.92 Å². The maximum absolute atomic E-state index is 12.0. The normalized spacial score (nSPS) is 22.3. The van der Waals surface area contributed by atoms with Crippen molar-refractivity contribution in [2.24, 2.45) is 21.6 Å². The van der Waals surface area contributed by atoms with Gasteiger partial charge in [0.05, 0.1) is 5.57 Å². The number of carbonyl (C=O) groups excluding carboxylic acids is 2. The number of nitrogens with zero attached hydrogens (tertiary/aromatic N) is 2. The van der Waals surface area contributed by atoms with Crippen LogP contribution in [0.15, 0.2) is 20.6 Å². The Balaban J connectivity index is 2.44. The SMILES string of the molecule is CCSC1=C(C(N)=O)C2C(=O)NC(SC)=NC2=N1. The zero-order valence-corrected chi connectivity index (χ0v) is 11.5. The summed E-state index contributed by atoms with van der Waals surface area (Å²) in [6.45, 7) is 1.94. The Labute approximate surface area is 113 Å². The van der Waals surface area contributed by atoms with Crippen molar-refractivity contribution in [2.75, 3.05) is 12.0 Å². The zero-order chi connectivity index (χ0) is 13.3. The molecule has 1 unspecified atom stereocenters. The van der Waals surface area contributed by atoms with Crippen LogP contribution in [-0.2, 0) is 9.59 Å². The lowest BCUT2D eigenvalue weighted by molar-refractivity contribution is -0.123. The number of carbonyl (C=O) groups is 2. The van der Waals surface area contributed by atoms with Crippen LogP contribution in [0.3, 0.4) is 0 Å². The lowest BCUT2D eigenvalue weighted by atomic mass is 9.98. The summed E-state index contributed by atoms with van der Waals surface area (Å²) < 4.78 is 0. The summed E-state index contributed by atoms with van der Waals surface area (Å²) in [5, 5.41) is 3.62. The summed E-state index contributed by atoms with van der Waals surface area (Å²) in [7, 11) is 0. The highest BCUT2D eigenvalue weighted by Crippen LogP contribution is 2.35. The first-order valence-electron chi connectivity index (χ1n) is 5.27. The van der Waals surface area contributed by atoms with Crippen LogP contribution in [0.25, 0.3) is 0 Å². The number of hydrogen-bond acceptors (Lipinski definition) is 6. The quantitative estimate of drug-likeness (QED) is 0.779. The molecule has 0 aromatic heterocycles. The molecule has 0 bridgehead atoms. The summed E-state index contributed by atoms with van der Waals surface area (Å²) in [5.74, 6) is -0.572. The van der Waals surface area contributed by atoms with E-state index in [9.17, 15) is 9.59 Å². The van der Waals surface area contributed by atoms with Crippen LogP contribution >= 0.6 is 23.5 Å². The summed E-state index contributed by atoms with van der Waals surface area (Å²) >= 11 is 2.71. The van der Waals surface area contributed by atoms with E-state index in [-0.39, 0.29) is 11.5 Å². The number of amidine groups is 2. The molecule has 3 N–H and O–H groups in total. The largest absolute Gasteiger partial charge is 0.366 e. The monoisotopic (exact) mass is 284 g/mol. The van der Waals surface area contributed by atoms with Crippen molar-refractivity contribution in [3.8, 4) is 0 Å². The Kier molecular flexibility index (Phi) is 3.76. The molecular formula is C10H12N4O2S2. The molecule has 2 amide bonds. The van der Waals surface area contributed by atoms with E-state index in [0.29, 0.717) is 16.0 Å². The number of thioether (sulfide) groups is 2. The van der Waals surface area contributed by atoms with Gasteiger partial charge >= 0.3 is 0 Å². The Morgan fingerprint density at radius 3 is 2.78 bits per heavy atom. The highest BCUT2D eigenvalue weighted by molar-refractivity contribution is 8.13. The molecule has 0 saturated carbocycles. The number of rotatable bonds is 3. The van der Waals surface area contributed by atoms with Crippen LogP contribution in [0.1, 0.15) is 6.92 Å². The minimum atomic E-state index is -0.757. The van der Waals surface area contributed by atoms with E-state index < -0.39 is 11.8 Å². The van der Waals surface area contributed by atoms with E-state index in [1.54, 1.807) is 6.26 Å². The van der Waals surface area contributed by atoms with Crippen molar-refractivity contribution in [2.45, 2.75) is 6.92 Å². The van der Waals surface area contributed by atoms with Crippen LogP contribution in [-0.4, -0.2) is 34.8 Å².